The molecule has 30 heavy (non-hydrogen) atoms. The highest BCUT2D eigenvalue weighted by Crippen LogP contribution is 2.26. The van der Waals surface area contributed by atoms with Crippen molar-refractivity contribution in [3.05, 3.63) is 60.0 Å². The number of aromatic hydroxyl groups is 2. The highest BCUT2D eigenvalue weighted by atomic mass is 19.4. The molecule has 2 rings (SSSR count). The standard InChI is InChI=1S/C19H20F3N3O5/c20-19(21,22)16(23)8-18(25-14-3-1-2-4-15(14)28)30-10-17(29)24-13-6-5-12(27)7-11(13)9-26/h1-8,16,25-28H,9-10,23H2,(H,24,29)/b18-8+. The molecule has 0 bridgehead atoms. The molecule has 1 amide bonds. The van der Waals surface area contributed by atoms with Gasteiger partial charge in [0.25, 0.3) is 5.91 Å². The second kappa shape index (κ2) is 9.85. The normalized spacial score (nSPS) is 12.9. The van der Waals surface area contributed by atoms with Gasteiger partial charge in [0.05, 0.1) is 12.3 Å². The van der Waals surface area contributed by atoms with Crippen molar-refractivity contribution in [1.29, 1.82) is 0 Å². The molecule has 0 aromatic heterocycles. The van der Waals surface area contributed by atoms with Gasteiger partial charge in [-0.1, -0.05) is 12.1 Å². The number of phenols is 2. The maximum absolute atomic E-state index is 12.8. The fourth-order valence-corrected chi connectivity index (χ4v) is 2.26. The van der Waals surface area contributed by atoms with E-state index in [4.69, 9.17) is 10.5 Å². The van der Waals surface area contributed by atoms with Crippen molar-refractivity contribution >= 4 is 17.3 Å². The number of carbonyl (C=O) groups excluding carboxylic acids is 1. The molecule has 1 atom stereocenters. The van der Waals surface area contributed by atoms with Crippen molar-refractivity contribution in [2.24, 2.45) is 5.73 Å². The molecule has 1 unspecified atom stereocenters. The van der Waals surface area contributed by atoms with Crippen LogP contribution in [0.5, 0.6) is 11.5 Å². The summed E-state index contributed by atoms with van der Waals surface area (Å²) in [5, 5.41) is 33.3. The van der Waals surface area contributed by atoms with Gasteiger partial charge in [-0.2, -0.15) is 13.2 Å². The Kier molecular flexibility index (Phi) is 7.50. The number of phenolic OH excluding ortho intramolecular Hbond substituents is 2. The first-order chi connectivity index (χ1) is 14.1. The maximum atomic E-state index is 12.8. The highest BCUT2D eigenvalue weighted by molar-refractivity contribution is 5.92. The number of rotatable bonds is 8. The number of halogens is 3. The predicted molar refractivity (Wildman–Crippen MR) is 102 cm³/mol. The Morgan fingerprint density at radius 3 is 2.47 bits per heavy atom. The first-order valence-corrected chi connectivity index (χ1v) is 8.54. The molecule has 0 aliphatic carbocycles. The number of amides is 1. The van der Waals surface area contributed by atoms with Crippen LogP contribution >= 0.6 is 0 Å². The maximum Gasteiger partial charge on any atom is 0.407 e. The summed E-state index contributed by atoms with van der Waals surface area (Å²) < 4.78 is 43.5. The van der Waals surface area contributed by atoms with Crippen LogP contribution < -0.4 is 16.4 Å². The zero-order chi connectivity index (χ0) is 22.3. The van der Waals surface area contributed by atoms with E-state index in [1.54, 1.807) is 0 Å². The number of ether oxygens (including phenoxy) is 1. The number of nitrogens with one attached hydrogen (secondary N) is 2. The number of aliphatic hydroxyl groups is 1. The predicted octanol–water partition coefficient (Wildman–Crippen LogP) is 2.39. The van der Waals surface area contributed by atoms with Gasteiger partial charge in [-0.15, -0.1) is 0 Å². The summed E-state index contributed by atoms with van der Waals surface area (Å²) in [6, 6.07) is 7.20. The number of anilines is 2. The fraction of sp³-hybridized carbons (Fsp3) is 0.211. The average molecular weight is 427 g/mol. The van der Waals surface area contributed by atoms with Crippen LogP contribution in [0.25, 0.3) is 0 Å². The summed E-state index contributed by atoms with van der Waals surface area (Å²) >= 11 is 0. The summed E-state index contributed by atoms with van der Waals surface area (Å²) in [5.74, 6) is -1.62. The molecule has 11 heteroatoms. The van der Waals surface area contributed by atoms with E-state index in [-0.39, 0.29) is 28.4 Å². The van der Waals surface area contributed by atoms with E-state index >= 15 is 0 Å². The van der Waals surface area contributed by atoms with Gasteiger partial charge < -0.3 is 36.4 Å². The van der Waals surface area contributed by atoms with Crippen LogP contribution in [-0.2, 0) is 16.1 Å². The van der Waals surface area contributed by atoms with Gasteiger partial charge in [0.2, 0.25) is 0 Å². The molecule has 0 saturated heterocycles. The van der Waals surface area contributed by atoms with E-state index in [1.807, 2.05) is 0 Å². The van der Waals surface area contributed by atoms with Crippen molar-refractivity contribution in [2.45, 2.75) is 18.8 Å². The molecule has 0 saturated carbocycles. The average Bonchev–Trinajstić information content (AvgIpc) is 2.68. The molecule has 7 N–H and O–H groups in total. The van der Waals surface area contributed by atoms with Crippen molar-refractivity contribution in [1.82, 2.24) is 0 Å². The first-order valence-electron chi connectivity index (χ1n) is 8.54. The molecule has 2 aromatic rings. The van der Waals surface area contributed by atoms with Gasteiger partial charge in [-0.3, -0.25) is 4.79 Å². The number of carbonyl (C=O) groups is 1. The van der Waals surface area contributed by atoms with Gasteiger partial charge in [-0.25, -0.2) is 0 Å². The molecule has 2 aromatic carbocycles. The molecule has 0 aliphatic heterocycles. The summed E-state index contributed by atoms with van der Waals surface area (Å²) in [5.41, 5.74) is 5.55. The van der Waals surface area contributed by atoms with Gasteiger partial charge in [0.1, 0.15) is 17.5 Å². The summed E-state index contributed by atoms with van der Waals surface area (Å²) in [4.78, 5) is 12.1. The zero-order valence-corrected chi connectivity index (χ0v) is 15.5. The van der Waals surface area contributed by atoms with Gasteiger partial charge >= 0.3 is 6.18 Å². The highest BCUT2D eigenvalue weighted by Gasteiger charge is 2.36. The lowest BCUT2D eigenvalue weighted by molar-refractivity contribution is -0.137. The lowest BCUT2D eigenvalue weighted by Gasteiger charge is -2.17. The Hall–Kier alpha value is -3.44. The summed E-state index contributed by atoms with van der Waals surface area (Å²) in [7, 11) is 0. The number of benzene rings is 2. The number of hydrogen-bond donors (Lipinski definition) is 6. The van der Waals surface area contributed by atoms with Crippen LogP contribution in [0.1, 0.15) is 5.56 Å². The largest absolute Gasteiger partial charge is 0.508 e. The van der Waals surface area contributed by atoms with E-state index < -0.39 is 37.2 Å². The number of hydrogen-bond acceptors (Lipinski definition) is 7. The van der Waals surface area contributed by atoms with E-state index in [2.05, 4.69) is 10.6 Å². The van der Waals surface area contributed by atoms with E-state index in [1.165, 1.54) is 42.5 Å². The molecule has 0 aliphatic rings. The Bertz CT molecular complexity index is 919. The van der Waals surface area contributed by atoms with Crippen LogP contribution in [0.15, 0.2) is 54.4 Å². The van der Waals surface area contributed by atoms with Crippen molar-refractivity contribution < 1.29 is 38.0 Å². The molecule has 8 nitrogen and oxygen atoms in total. The number of aliphatic hydroxyl groups excluding tert-OH is 1. The third-order valence-corrected chi connectivity index (χ3v) is 3.76. The van der Waals surface area contributed by atoms with Crippen molar-refractivity contribution in [3.63, 3.8) is 0 Å². The Balaban J connectivity index is 2.13. The second-order valence-corrected chi connectivity index (χ2v) is 6.08. The van der Waals surface area contributed by atoms with E-state index in [9.17, 15) is 33.3 Å². The zero-order valence-electron chi connectivity index (χ0n) is 15.5. The van der Waals surface area contributed by atoms with Crippen LogP contribution in [0.2, 0.25) is 0 Å². The monoisotopic (exact) mass is 427 g/mol. The molecular weight excluding hydrogens is 407 g/mol. The second-order valence-electron chi connectivity index (χ2n) is 6.08. The first kappa shape index (κ1) is 22.8. The Morgan fingerprint density at radius 2 is 1.83 bits per heavy atom. The number of nitrogens with two attached hydrogens (primary N) is 1. The van der Waals surface area contributed by atoms with Crippen LogP contribution in [0, 0.1) is 0 Å². The van der Waals surface area contributed by atoms with Gasteiger partial charge in [-0.05, 0) is 30.3 Å². The third kappa shape index (κ3) is 6.57. The Morgan fingerprint density at radius 1 is 1.13 bits per heavy atom. The molecular formula is C19H20F3N3O5. The molecule has 0 spiro atoms. The number of para-hydroxylation sites is 2. The topological polar surface area (TPSA) is 137 Å². The molecule has 162 valence electrons. The minimum atomic E-state index is -4.75. The van der Waals surface area contributed by atoms with Crippen molar-refractivity contribution in [2.75, 3.05) is 17.2 Å². The molecule has 0 radical (unpaired) electrons. The van der Waals surface area contributed by atoms with Crippen LogP contribution in [0.3, 0.4) is 0 Å². The minimum absolute atomic E-state index is 0.0413. The SMILES string of the molecule is NC(/C=C(\Nc1ccccc1O)OCC(=O)Nc1ccc(O)cc1CO)C(F)(F)F. The molecule has 0 heterocycles. The molecule has 0 fully saturated rings. The van der Waals surface area contributed by atoms with Crippen LogP contribution in [-0.4, -0.2) is 40.1 Å². The number of alkyl halides is 3. The Labute approximate surface area is 169 Å². The van der Waals surface area contributed by atoms with Crippen molar-refractivity contribution in [3.8, 4) is 11.5 Å². The lowest BCUT2D eigenvalue weighted by Crippen LogP contribution is -2.36. The quantitative estimate of drug-likeness (QED) is 0.216. The van der Waals surface area contributed by atoms with Gasteiger partial charge in [0, 0.05) is 17.3 Å². The fourth-order valence-electron chi connectivity index (χ4n) is 2.26. The smallest absolute Gasteiger partial charge is 0.407 e. The lowest BCUT2D eigenvalue weighted by atomic mass is 10.2. The third-order valence-electron chi connectivity index (χ3n) is 3.76. The summed E-state index contributed by atoms with van der Waals surface area (Å²) in [6.45, 7) is -1.17. The van der Waals surface area contributed by atoms with E-state index in [0.717, 1.165) is 0 Å². The van der Waals surface area contributed by atoms with Crippen LogP contribution in [0.4, 0.5) is 24.5 Å². The summed E-state index contributed by atoms with van der Waals surface area (Å²) in [6.07, 6.45) is -4.22. The van der Waals surface area contributed by atoms with E-state index in [0.29, 0.717) is 6.08 Å². The van der Waals surface area contributed by atoms with Gasteiger partial charge in [0.15, 0.2) is 12.5 Å². The minimum Gasteiger partial charge on any atom is -0.508 e.